The van der Waals surface area contributed by atoms with Crippen molar-refractivity contribution >= 4 is 23.1 Å². The molecule has 0 saturated carbocycles. The van der Waals surface area contributed by atoms with Crippen molar-refractivity contribution in [1.82, 2.24) is 9.55 Å². The second kappa shape index (κ2) is 7.92. The highest BCUT2D eigenvalue weighted by Gasteiger charge is 2.09. The summed E-state index contributed by atoms with van der Waals surface area (Å²) < 4.78 is 1.70. The minimum absolute atomic E-state index is 0.0570. The van der Waals surface area contributed by atoms with Gasteiger partial charge in [-0.05, 0) is 42.3 Å². The SMILES string of the molecule is O=c1c2ccccc2nc(C=Cc2ccccc2O)n1CCc1ccccc1. The van der Waals surface area contributed by atoms with Gasteiger partial charge >= 0.3 is 0 Å². The van der Waals surface area contributed by atoms with Crippen LogP contribution in [0.3, 0.4) is 0 Å². The van der Waals surface area contributed by atoms with Crippen molar-refractivity contribution in [3.63, 3.8) is 0 Å². The lowest BCUT2D eigenvalue weighted by Crippen LogP contribution is -2.24. The number of phenols is 1. The van der Waals surface area contributed by atoms with E-state index in [4.69, 9.17) is 0 Å². The quantitative estimate of drug-likeness (QED) is 0.564. The number of para-hydroxylation sites is 2. The summed E-state index contributed by atoms with van der Waals surface area (Å²) in [6.45, 7) is 0.529. The molecule has 0 bridgehead atoms. The second-order valence-electron chi connectivity index (χ2n) is 6.57. The fourth-order valence-corrected chi connectivity index (χ4v) is 3.21. The van der Waals surface area contributed by atoms with E-state index in [1.165, 1.54) is 0 Å². The van der Waals surface area contributed by atoms with Crippen molar-refractivity contribution in [1.29, 1.82) is 0 Å². The lowest BCUT2D eigenvalue weighted by molar-refractivity contribution is 0.474. The van der Waals surface area contributed by atoms with Crippen molar-refractivity contribution in [3.05, 3.63) is 106 Å². The molecule has 0 amide bonds. The predicted octanol–water partition coefficient (Wildman–Crippen LogP) is 4.52. The van der Waals surface area contributed by atoms with E-state index in [9.17, 15) is 9.90 Å². The van der Waals surface area contributed by atoms with Gasteiger partial charge in [0.25, 0.3) is 5.56 Å². The molecular formula is C24H20N2O2. The molecule has 3 aromatic carbocycles. The molecule has 0 saturated heterocycles. The molecule has 0 aliphatic rings. The van der Waals surface area contributed by atoms with Crippen LogP contribution in [0.2, 0.25) is 0 Å². The highest BCUT2D eigenvalue weighted by atomic mass is 16.3. The second-order valence-corrected chi connectivity index (χ2v) is 6.57. The Labute approximate surface area is 163 Å². The van der Waals surface area contributed by atoms with Crippen molar-refractivity contribution in [2.24, 2.45) is 0 Å². The Morgan fingerprint density at radius 1 is 0.857 bits per heavy atom. The fraction of sp³-hybridized carbons (Fsp3) is 0.0833. The summed E-state index contributed by atoms with van der Waals surface area (Å²) in [6.07, 6.45) is 4.30. The topological polar surface area (TPSA) is 55.1 Å². The molecule has 28 heavy (non-hydrogen) atoms. The molecule has 1 aromatic heterocycles. The number of hydrogen-bond acceptors (Lipinski definition) is 3. The van der Waals surface area contributed by atoms with Crippen molar-refractivity contribution in [3.8, 4) is 5.75 Å². The van der Waals surface area contributed by atoms with Crippen LogP contribution in [0.4, 0.5) is 0 Å². The first-order chi connectivity index (χ1) is 13.7. The number of benzene rings is 3. The molecule has 1 N–H and O–H groups in total. The Bertz CT molecular complexity index is 1190. The molecule has 138 valence electrons. The third kappa shape index (κ3) is 3.71. The zero-order valence-corrected chi connectivity index (χ0v) is 15.3. The van der Waals surface area contributed by atoms with Crippen LogP contribution in [-0.2, 0) is 13.0 Å². The molecule has 4 aromatic rings. The van der Waals surface area contributed by atoms with Crippen LogP contribution in [0, 0.1) is 0 Å². The third-order valence-corrected chi connectivity index (χ3v) is 4.71. The Kier molecular flexibility index (Phi) is 5.02. The first-order valence-electron chi connectivity index (χ1n) is 9.22. The van der Waals surface area contributed by atoms with Gasteiger partial charge in [-0.2, -0.15) is 0 Å². The van der Waals surface area contributed by atoms with Crippen LogP contribution in [0.1, 0.15) is 17.0 Å². The van der Waals surface area contributed by atoms with E-state index in [0.717, 1.165) is 12.0 Å². The Balaban J connectivity index is 1.77. The zero-order chi connectivity index (χ0) is 19.3. The van der Waals surface area contributed by atoms with Crippen LogP contribution >= 0.6 is 0 Å². The van der Waals surface area contributed by atoms with Crippen molar-refractivity contribution in [2.45, 2.75) is 13.0 Å². The van der Waals surface area contributed by atoms with Gasteiger partial charge in [-0.1, -0.05) is 60.7 Å². The van der Waals surface area contributed by atoms with Gasteiger partial charge in [-0.25, -0.2) is 4.98 Å². The smallest absolute Gasteiger partial charge is 0.261 e. The number of rotatable bonds is 5. The summed E-state index contributed by atoms with van der Waals surface area (Å²) in [4.78, 5) is 17.8. The van der Waals surface area contributed by atoms with Gasteiger partial charge in [0.15, 0.2) is 0 Å². The highest BCUT2D eigenvalue weighted by molar-refractivity contribution is 5.79. The predicted molar refractivity (Wildman–Crippen MR) is 113 cm³/mol. The van der Waals surface area contributed by atoms with E-state index in [-0.39, 0.29) is 11.3 Å². The highest BCUT2D eigenvalue weighted by Crippen LogP contribution is 2.19. The molecule has 0 aliphatic heterocycles. The number of fused-ring (bicyclic) bond motifs is 1. The van der Waals surface area contributed by atoms with E-state index in [0.29, 0.717) is 28.8 Å². The fourth-order valence-electron chi connectivity index (χ4n) is 3.21. The van der Waals surface area contributed by atoms with Crippen LogP contribution in [-0.4, -0.2) is 14.7 Å². The maximum atomic E-state index is 13.1. The van der Waals surface area contributed by atoms with Gasteiger partial charge in [0.2, 0.25) is 0 Å². The van der Waals surface area contributed by atoms with E-state index in [2.05, 4.69) is 17.1 Å². The monoisotopic (exact) mass is 368 g/mol. The Morgan fingerprint density at radius 2 is 1.57 bits per heavy atom. The molecule has 0 radical (unpaired) electrons. The van der Waals surface area contributed by atoms with Gasteiger partial charge in [0, 0.05) is 12.1 Å². The molecule has 0 atom stereocenters. The molecule has 0 aliphatic carbocycles. The van der Waals surface area contributed by atoms with E-state index in [1.54, 1.807) is 34.9 Å². The van der Waals surface area contributed by atoms with E-state index in [1.807, 2.05) is 48.5 Å². The largest absolute Gasteiger partial charge is 0.507 e. The Morgan fingerprint density at radius 3 is 2.39 bits per heavy atom. The van der Waals surface area contributed by atoms with E-state index >= 15 is 0 Å². The summed E-state index contributed by atoms with van der Waals surface area (Å²) in [5.74, 6) is 0.764. The maximum absolute atomic E-state index is 13.1. The average Bonchev–Trinajstić information content (AvgIpc) is 2.73. The summed E-state index contributed by atoms with van der Waals surface area (Å²) in [5, 5.41) is 10.6. The van der Waals surface area contributed by atoms with Crippen LogP contribution in [0.25, 0.3) is 23.1 Å². The molecule has 4 rings (SSSR count). The third-order valence-electron chi connectivity index (χ3n) is 4.71. The summed E-state index contributed by atoms with van der Waals surface area (Å²) in [5.41, 5.74) is 2.46. The van der Waals surface area contributed by atoms with Gasteiger partial charge in [-0.3, -0.25) is 9.36 Å². The number of aromatic nitrogens is 2. The average molecular weight is 368 g/mol. The lowest BCUT2D eigenvalue weighted by atomic mass is 10.1. The Hall–Kier alpha value is -3.66. The summed E-state index contributed by atoms with van der Waals surface area (Å²) >= 11 is 0. The minimum atomic E-state index is -0.0570. The van der Waals surface area contributed by atoms with Gasteiger partial charge in [-0.15, -0.1) is 0 Å². The molecular weight excluding hydrogens is 348 g/mol. The minimum Gasteiger partial charge on any atom is -0.507 e. The molecule has 4 heteroatoms. The normalized spacial score (nSPS) is 11.3. The molecule has 4 nitrogen and oxygen atoms in total. The number of aryl methyl sites for hydroxylation is 1. The lowest BCUT2D eigenvalue weighted by Gasteiger charge is -2.11. The summed E-state index contributed by atoms with van der Waals surface area (Å²) in [6, 6.07) is 24.5. The number of aromatic hydroxyl groups is 1. The van der Waals surface area contributed by atoms with Crippen LogP contribution < -0.4 is 5.56 Å². The van der Waals surface area contributed by atoms with Crippen molar-refractivity contribution < 1.29 is 5.11 Å². The van der Waals surface area contributed by atoms with Gasteiger partial charge in [0.1, 0.15) is 11.6 Å². The molecule has 0 unspecified atom stereocenters. The number of nitrogens with zero attached hydrogens (tertiary/aromatic N) is 2. The summed E-state index contributed by atoms with van der Waals surface area (Å²) in [7, 11) is 0. The number of phenolic OH excluding ortho intramolecular Hbond substituents is 1. The first-order valence-corrected chi connectivity index (χ1v) is 9.22. The molecule has 0 spiro atoms. The van der Waals surface area contributed by atoms with Gasteiger partial charge < -0.3 is 5.11 Å². The molecule has 1 heterocycles. The van der Waals surface area contributed by atoms with Crippen LogP contribution in [0.15, 0.2) is 83.7 Å². The molecule has 0 fully saturated rings. The van der Waals surface area contributed by atoms with Gasteiger partial charge in [0.05, 0.1) is 10.9 Å². The number of hydrogen-bond donors (Lipinski definition) is 1. The zero-order valence-electron chi connectivity index (χ0n) is 15.3. The standard InChI is InChI=1S/C24H20N2O2/c27-22-13-7-4-10-19(22)14-15-23-25-21-12-6-5-11-20(21)24(28)26(23)17-16-18-8-2-1-3-9-18/h1-15,27H,16-17H2. The first kappa shape index (κ1) is 17.7. The van der Waals surface area contributed by atoms with Crippen molar-refractivity contribution in [2.75, 3.05) is 0 Å². The van der Waals surface area contributed by atoms with Crippen LogP contribution in [0.5, 0.6) is 5.75 Å². The van der Waals surface area contributed by atoms with E-state index < -0.39 is 0 Å². The maximum Gasteiger partial charge on any atom is 0.261 e.